The highest BCUT2D eigenvalue weighted by Gasteiger charge is 2.41. The first-order valence-corrected chi connectivity index (χ1v) is 9.47. The highest BCUT2D eigenvalue weighted by Crippen LogP contribution is 2.35. The molecule has 2 aliphatic heterocycles. The second-order valence-electron chi connectivity index (χ2n) is 7.20. The first kappa shape index (κ1) is 17.4. The number of carbonyl (C=O) groups excluding carboxylic acids is 1. The molecule has 3 unspecified atom stereocenters. The van der Waals surface area contributed by atoms with E-state index in [-0.39, 0.29) is 11.9 Å². The van der Waals surface area contributed by atoms with Crippen LogP contribution in [0.3, 0.4) is 0 Å². The van der Waals surface area contributed by atoms with Crippen molar-refractivity contribution in [1.29, 1.82) is 0 Å². The molecule has 6 nitrogen and oxygen atoms in total. The van der Waals surface area contributed by atoms with Crippen LogP contribution in [0.2, 0.25) is 0 Å². The molecule has 24 heavy (non-hydrogen) atoms. The molecule has 2 fully saturated rings. The maximum absolute atomic E-state index is 11.9. The number of likely N-dealkylation sites (tertiary alicyclic amines) is 2. The van der Waals surface area contributed by atoms with Crippen LogP contribution in [-0.2, 0) is 11.2 Å². The van der Waals surface area contributed by atoms with E-state index < -0.39 is 0 Å². The van der Waals surface area contributed by atoms with Crippen LogP contribution in [0.1, 0.15) is 77.1 Å². The summed E-state index contributed by atoms with van der Waals surface area (Å²) in [5, 5.41) is 4.13. The Morgan fingerprint density at radius 1 is 1.29 bits per heavy atom. The minimum atomic E-state index is 0.120. The number of rotatable bonds is 6. The number of unbranched alkanes of at least 4 members (excludes halogenated alkanes) is 1. The third-order valence-electron chi connectivity index (χ3n) is 5.58. The number of nitrogens with zero attached hydrogens (tertiary/aromatic N) is 4. The van der Waals surface area contributed by atoms with E-state index in [1.165, 1.54) is 6.42 Å². The van der Waals surface area contributed by atoms with Gasteiger partial charge in [0, 0.05) is 32.0 Å². The first-order valence-electron chi connectivity index (χ1n) is 9.47. The Balaban J connectivity index is 1.70. The molecule has 0 spiro atoms. The smallest absolute Gasteiger partial charge is 0.243 e. The monoisotopic (exact) mass is 334 g/mol. The van der Waals surface area contributed by atoms with Gasteiger partial charge in [-0.2, -0.15) is 4.98 Å². The van der Waals surface area contributed by atoms with Gasteiger partial charge in [0.15, 0.2) is 5.82 Å². The van der Waals surface area contributed by atoms with E-state index in [1.54, 1.807) is 6.92 Å². The lowest BCUT2D eigenvalue weighted by molar-refractivity contribution is -0.130. The summed E-state index contributed by atoms with van der Waals surface area (Å²) in [5.74, 6) is 1.75. The van der Waals surface area contributed by atoms with Crippen molar-refractivity contribution in [3.05, 3.63) is 11.7 Å². The van der Waals surface area contributed by atoms with E-state index in [4.69, 9.17) is 4.52 Å². The van der Waals surface area contributed by atoms with Gasteiger partial charge in [-0.25, -0.2) is 0 Å². The molecular formula is C18H30N4O2. The highest BCUT2D eigenvalue weighted by molar-refractivity contribution is 5.74. The third-order valence-corrected chi connectivity index (χ3v) is 5.58. The number of hydrogen-bond acceptors (Lipinski definition) is 5. The van der Waals surface area contributed by atoms with Crippen molar-refractivity contribution in [2.45, 2.75) is 83.8 Å². The SMILES string of the molecule is CCCCc1noc(C(C)N2CCCC2C2CCCN2C(C)=O)n1. The summed E-state index contributed by atoms with van der Waals surface area (Å²) in [7, 11) is 0. The zero-order valence-corrected chi connectivity index (χ0v) is 15.2. The third kappa shape index (κ3) is 3.48. The molecule has 0 N–H and O–H groups in total. The summed E-state index contributed by atoms with van der Waals surface area (Å²) in [4.78, 5) is 21.1. The van der Waals surface area contributed by atoms with Gasteiger partial charge in [-0.3, -0.25) is 9.69 Å². The zero-order chi connectivity index (χ0) is 17.1. The second kappa shape index (κ2) is 7.64. The number of aryl methyl sites for hydroxylation is 1. The van der Waals surface area contributed by atoms with Gasteiger partial charge in [0.1, 0.15) is 0 Å². The van der Waals surface area contributed by atoms with Crippen LogP contribution in [0, 0.1) is 0 Å². The minimum absolute atomic E-state index is 0.120. The minimum Gasteiger partial charge on any atom is -0.338 e. The van der Waals surface area contributed by atoms with Gasteiger partial charge in [0.2, 0.25) is 11.8 Å². The van der Waals surface area contributed by atoms with E-state index in [0.29, 0.717) is 12.1 Å². The zero-order valence-electron chi connectivity index (χ0n) is 15.2. The highest BCUT2D eigenvalue weighted by atomic mass is 16.5. The molecule has 0 aliphatic carbocycles. The molecule has 6 heteroatoms. The molecule has 2 aliphatic rings. The molecular weight excluding hydrogens is 304 g/mol. The van der Waals surface area contributed by atoms with Crippen molar-refractivity contribution in [2.24, 2.45) is 0 Å². The fraction of sp³-hybridized carbons (Fsp3) is 0.833. The van der Waals surface area contributed by atoms with Crippen LogP contribution in [0.15, 0.2) is 4.52 Å². The summed E-state index contributed by atoms with van der Waals surface area (Å²) in [6.45, 7) is 7.96. The Labute approximate surface area is 144 Å². The van der Waals surface area contributed by atoms with Crippen molar-refractivity contribution in [3.63, 3.8) is 0 Å². The molecule has 3 atom stereocenters. The van der Waals surface area contributed by atoms with E-state index in [2.05, 4.69) is 33.8 Å². The maximum Gasteiger partial charge on any atom is 0.243 e. The second-order valence-corrected chi connectivity index (χ2v) is 7.20. The van der Waals surface area contributed by atoms with Crippen molar-refractivity contribution in [3.8, 4) is 0 Å². The Kier molecular flexibility index (Phi) is 5.54. The quantitative estimate of drug-likeness (QED) is 0.800. The molecule has 0 radical (unpaired) electrons. The van der Waals surface area contributed by atoms with Crippen LogP contribution >= 0.6 is 0 Å². The van der Waals surface area contributed by atoms with Crippen molar-refractivity contribution in [1.82, 2.24) is 19.9 Å². The van der Waals surface area contributed by atoms with Crippen molar-refractivity contribution in [2.75, 3.05) is 13.1 Å². The van der Waals surface area contributed by atoms with Gasteiger partial charge in [0.25, 0.3) is 0 Å². The largest absolute Gasteiger partial charge is 0.338 e. The average Bonchev–Trinajstić information content (AvgIpc) is 3.30. The summed E-state index contributed by atoms with van der Waals surface area (Å²) < 4.78 is 5.54. The van der Waals surface area contributed by atoms with Gasteiger partial charge >= 0.3 is 0 Å². The maximum atomic E-state index is 11.9. The van der Waals surface area contributed by atoms with Gasteiger partial charge in [-0.15, -0.1) is 0 Å². The van der Waals surface area contributed by atoms with Crippen LogP contribution in [0.4, 0.5) is 0 Å². The van der Waals surface area contributed by atoms with E-state index >= 15 is 0 Å². The Morgan fingerprint density at radius 3 is 2.79 bits per heavy atom. The molecule has 0 aromatic carbocycles. The molecule has 3 heterocycles. The van der Waals surface area contributed by atoms with E-state index in [9.17, 15) is 4.79 Å². The van der Waals surface area contributed by atoms with Crippen molar-refractivity contribution >= 4 is 5.91 Å². The molecule has 134 valence electrons. The summed E-state index contributed by atoms with van der Waals surface area (Å²) in [6.07, 6.45) is 7.66. The molecule has 1 aromatic rings. The van der Waals surface area contributed by atoms with Crippen LogP contribution < -0.4 is 0 Å². The van der Waals surface area contributed by atoms with Gasteiger partial charge < -0.3 is 9.42 Å². The Hall–Kier alpha value is -1.43. The summed E-state index contributed by atoms with van der Waals surface area (Å²) in [5.41, 5.74) is 0. The van der Waals surface area contributed by atoms with Crippen LogP contribution in [0.5, 0.6) is 0 Å². The number of amides is 1. The fourth-order valence-corrected chi connectivity index (χ4v) is 4.31. The predicted molar refractivity (Wildman–Crippen MR) is 91.5 cm³/mol. The van der Waals surface area contributed by atoms with E-state index in [0.717, 1.165) is 63.3 Å². The van der Waals surface area contributed by atoms with Gasteiger partial charge in [-0.1, -0.05) is 18.5 Å². The molecule has 1 aromatic heterocycles. The standard InChI is InChI=1S/C18H30N4O2/c1-4-5-10-17-19-18(24-20-17)13(2)21-11-6-8-15(21)16-9-7-12-22(16)14(3)23/h13,15-16H,4-12H2,1-3H3. The topological polar surface area (TPSA) is 62.5 Å². The lowest BCUT2D eigenvalue weighted by Gasteiger charge is -2.36. The lowest BCUT2D eigenvalue weighted by Crippen LogP contribution is -2.48. The summed E-state index contributed by atoms with van der Waals surface area (Å²) >= 11 is 0. The molecule has 2 saturated heterocycles. The van der Waals surface area contributed by atoms with Crippen LogP contribution in [0.25, 0.3) is 0 Å². The lowest BCUT2D eigenvalue weighted by atomic mass is 10.0. The number of carbonyl (C=O) groups is 1. The van der Waals surface area contributed by atoms with Crippen molar-refractivity contribution < 1.29 is 9.32 Å². The Bertz CT molecular complexity index is 559. The predicted octanol–water partition coefficient (Wildman–Crippen LogP) is 2.95. The number of aromatic nitrogens is 2. The molecule has 0 saturated carbocycles. The van der Waals surface area contributed by atoms with Gasteiger partial charge in [0.05, 0.1) is 6.04 Å². The molecule has 1 amide bonds. The molecule has 0 bridgehead atoms. The number of hydrogen-bond donors (Lipinski definition) is 0. The Morgan fingerprint density at radius 2 is 2.04 bits per heavy atom. The normalized spacial score (nSPS) is 26.2. The molecule has 3 rings (SSSR count). The van der Waals surface area contributed by atoms with Gasteiger partial charge in [-0.05, 0) is 45.6 Å². The summed E-state index contributed by atoms with van der Waals surface area (Å²) in [6, 6.07) is 0.877. The van der Waals surface area contributed by atoms with E-state index in [1.807, 2.05) is 0 Å². The average molecular weight is 334 g/mol. The fourth-order valence-electron chi connectivity index (χ4n) is 4.31. The first-order chi connectivity index (χ1) is 11.6. The van der Waals surface area contributed by atoms with Crippen LogP contribution in [-0.4, -0.2) is 51.0 Å².